The van der Waals surface area contributed by atoms with Crippen molar-refractivity contribution in [3.05, 3.63) is 71.8 Å². The fraction of sp³-hybridized carbons (Fsp3) is 0.0556. The number of halogens is 1. The number of nitriles is 1. The van der Waals surface area contributed by atoms with E-state index >= 15 is 0 Å². The second-order valence-corrected chi connectivity index (χ2v) is 5.00. The summed E-state index contributed by atoms with van der Waals surface area (Å²) in [6.45, 7) is 1.84. The molecule has 0 aliphatic heterocycles. The molecule has 5 nitrogen and oxygen atoms in total. The van der Waals surface area contributed by atoms with Crippen molar-refractivity contribution in [1.29, 1.82) is 5.26 Å². The largest absolute Gasteiger partial charge is 0.453 e. The zero-order valence-electron chi connectivity index (χ0n) is 12.8. The van der Waals surface area contributed by atoms with Crippen molar-refractivity contribution in [2.45, 2.75) is 6.92 Å². The van der Waals surface area contributed by atoms with Crippen LogP contribution >= 0.6 is 0 Å². The molecule has 0 spiro atoms. The van der Waals surface area contributed by atoms with E-state index < -0.39 is 5.82 Å². The van der Waals surface area contributed by atoms with Gasteiger partial charge in [-0.3, -0.25) is 0 Å². The molecule has 0 unspecified atom stereocenters. The van der Waals surface area contributed by atoms with Crippen LogP contribution in [0.25, 0.3) is 0 Å². The van der Waals surface area contributed by atoms with Crippen LogP contribution in [0.4, 0.5) is 16.0 Å². The van der Waals surface area contributed by atoms with E-state index in [0.29, 0.717) is 22.9 Å². The van der Waals surface area contributed by atoms with Gasteiger partial charge in [0, 0.05) is 23.6 Å². The van der Waals surface area contributed by atoms with Crippen LogP contribution in [0.2, 0.25) is 0 Å². The molecule has 24 heavy (non-hydrogen) atoms. The number of aryl methyl sites for hydroxylation is 1. The third-order valence-electron chi connectivity index (χ3n) is 3.21. The van der Waals surface area contributed by atoms with Crippen LogP contribution in [0, 0.1) is 24.1 Å². The number of anilines is 2. The van der Waals surface area contributed by atoms with Gasteiger partial charge in [0.15, 0.2) is 11.6 Å². The summed E-state index contributed by atoms with van der Waals surface area (Å²) in [5.41, 5.74) is 1.65. The number of hydrogen-bond donors (Lipinski definition) is 1. The highest BCUT2D eigenvalue weighted by atomic mass is 19.1. The first-order valence-corrected chi connectivity index (χ1v) is 7.19. The molecule has 2 aromatic carbocycles. The third-order valence-corrected chi connectivity index (χ3v) is 3.21. The first-order chi connectivity index (χ1) is 11.7. The highest BCUT2D eigenvalue weighted by Gasteiger charge is 2.09. The number of ether oxygens (including phenoxy) is 1. The second kappa shape index (κ2) is 6.75. The molecule has 1 aromatic heterocycles. The van der Waals surface area contributed by atoms with E-state index in [4.69, 9.17) is 10.00 Å². The Bertz CT molecular complexity index is 921. The number of rotatable bonds is 4. The molecule has 0 radical (unpaired) electrons. The smallest absolute Gasteiger partial charge is 0.227 e. The summed E-state index contributed by atoms with van der Waals surface area (Å²) in [7, 11) is 0. The molecule has 0 bridgehead atoms. The van der Waals surface area contributed by atoms with E-state index in [1.165, 1.54) is 12.1 Å². The lowest BCUT2D eigenvalue weighted by atomic mass is 10.2. The van der Waals surface area contributed by atoms with Gasteiger partial charge in [0.25, 0.3) is 0 Å². The molecule has 0 atom stereocenters. The van der Waals surface area contributed by atoms with Gasteiger partial charge in [-0.2, -0.15) is 5.26 Å². The Balaban J connectivity index is 1.81. The van der Waals surface area contributed by atoms with Gasteiger partial charge < -0.3 is 10.1 Å². The molecule has 3 aromatic rings. The van der Waals surface area contributed by atoms with Gasteiger partial charge in [-0.1, -0.05) is 12.1 Å². The van der Waals surface area contributed by atoms with Crippen molar-refractivity contribution in [3.8, 4) is 17.6 Å². The minimum absolute atomic E-state index is 0.0356. The van der Waals surface area contributed by atoms with Crippen molar-refractivity contribution in [2.24, 2.45) is 0 Å². The molecule has 1 N–H and O–H groups in total. The second-order valence-electron chi connectivity index (χ2n) is 5.00. The Morgan fingerprint density at radius 1 is 1.12 bits per heavy atom. The molecule has 6 heteroatoms. The Kier molecular flexibility index (Phi) is 4.34. The maximum atomic E-state index is 14.3. The van der Waals surface area contributed by atoms with Gasteiger partial charge in [0.1, 0.15) is 11.8 Å². The zero-order chi connectivity index (χ0) is 16.9. The van der Waals surface area contributed by atoms with Gasteiger partial charge >= 0.3 is 0 Å². The van der Waals surface area contributed by atoms with Crippen LogP contribution in [0.5, 0.6) is 11.5 Å². The summed E-state index contributed by atoms with van der Waals surface area (Å²) in [5, 5.41) is 12.0. The van der Waals surface area contributed by atoms with Crippen LogP contribution in [-0.2, 0) is 0 Å². The SMILES string of the molecule is Cc1ccnc(Nc2ccc(Oc3ccccc3C#N)c(F)c2)n1. The topological polar surface area (TPSA) is 70.8 Å². The van der Waals surface area contributed by atoms with E-state index in [2.05, 4.69) is 15.3 Å². The molecule has 0 amide bonds. The number of benzene rings is 2. The van der Waals surface area contributed by atoms with Crippen molar-refractivity contribution in [2.75, 3.05) is 5.32 Å². The van der Waals surface area contributed by atoms with Gasteiger partial charge in [-0.05, 0) is 37.3 Å². The molecule has 3 rings (SSSR count). The highest BCUT2D eigenvalue weighted by Crippen LogP contribution is 2.29. The fourth-order valence-electron chi connectivity index (χ4n) is 2.07. The summed E-state index contributed by atoms with van der Waals surface area (Å²) in [6, 6.07) is 14.9. The Labute approximate surface area is 138 Å². The van der Waals surface area contributed by atoms with E-state index in [1.807, 2.05) is 13.0 Å². The van der Waals surface area contributed by atoms with Gasteiger partial charge in [0.2, 0.25) is 5.95 Å². The summed E-state index contributed by atoms with van der Waals surface area (Å²) in [5.74, 6) is 0.174. The normalized spacial score (nSPS) is 10.0. The first-order valence-electron chi connectivity index (χ1n) is 7.19. The number of nitrogens with one attached hydrogen (secondary N) is 1. The number of nitrogens with zero attached hydrogens (tertiary/aromatic N) is 3. The van der Waals surface area contributed by atoms with Crippen molar-refractivity contribution >= 4 is 11.6 Å². The summed E-state index contributed by atoms with van der Waals surface area (Å²) >= 11 is 0. The zero-order valence-corrected chi connectivity index (χ0v) is 12.8. The monoisotopic (exact) mass is 320 g/mol. The van der Waals surface area contributed by atoms with Crippen molar-refractivity contribution in [3.63, 3.8) is 0 Å². The Hall–Kier alpha value is -3.46. The number of aromatic nitrogens is 2. The van der Waals surface area contributed by atoms with E-state index in [-0.39, 0.29) is 5.75 Å². The minimum atomic E-state index is -0.555. The average molecular weight is 320 g/mol. The lowest BCUT2D eigenvalue weighted by molar-refractivity contribution is 0.441. The molecular weight excluding hydrogens is 307 g/mol. The quantitative estimate of drug-likeness (QED) is 0.774. The molecule has 0 saturated heterocycles. The van der Waals surface area contributed by atoms with Crippen LogP contribution in [0.3, 0.4) is 0 Å². The standard InChI is InChI=1S/C18H13FN4O/c1-12-8-9-21-18(22-12)23-14-6-7-17(15(19)10-14)24-16-5-3-2-4-13(16)11-20/h2-10H,1H3,(H,21,22,23). The number of hydrogen-bond acceptors (Lipinski definition) is 5. The third kappa shape index (κ3) is 3.47. The lowest BCUT2D eigenvalue weighted by Crippen LogP contribution is -1.98. The molecule has 0 aliphatic carbocycles. The molecule has 1 heterocycles. The molecule has 0 aliphatic rings. The van der Waals surface area contributed by atoms with Crippen LogP contribution in [0.15, 0.2) is 54.7 Å². The van der Waals surface area contributed by atoms with Gasteiger partial charge in [0.05, 0.1) is 5.56 Å². The molecule has 118 valence electrons. The maximum Gasteiger partial charge on any atom is 0.227 e. The van der Waals surface area contributed by atoms with Crippen molar-refractivity contribution in [1.82, 2.24) is 9.97 Å². The predicted octanol–water partition coefficient (Wildman–Crippen LogP) is 4.33. The fourth-order valence-corrected chi connectivity index (χ4v) is 2.07. The first kappa shape index (κ1) is 15.4. The van der Waals surface area contributed by atoms with E-state index in [9.17, 15) is 4.39 Å². The minimum Gasteiger partial charge on any atom is -0.453 e. The van der Waals surface area contributed by atoms with Crippen LogP contribution in [0.1, 0.15) is 11.3 Å². The maximum absolute atomic E-state index is 14.3. The summed E-state index contributed by atoms with van der Waals surface area (Å²) < 4.78 is 19.8. The van der Waals surface area contributed by atoms with Gasteiger partial charge in [-0.15, -0.1) is 0 Å². The lowest BCUT2D eigenvalue weighted by Gasteiger charge is -2.10. The molecule has 0 fully saturated rings. The van der Waals surface area contributed by atoms with E-state index in [0.717, 1.165) is 5.69 Å². The summed E-state index contributed by atoms with van der Waals surface area (Å²) in [6.07, 6.45) is 1.62. The highest BCUT2D eigenvalue weighted by molar-refractivity contribution is 5.55. The van der Waals surface area contributed by atoms with Crippen LogP contribution in [-0.4, -0.2) is 9.97 Å². The van der Waals surface area contributed by atoms with E-state index in [1.54, 1.807) is 42.6 Å². The van der Waals surface area contributed by atoms with Gasteiger partial charge in [-0.25, -0.2) is 14.4 Å². The predicted molar refractivity (Wildman–Crippen MR) is 87.7 cm³/mol. The average Bonchev–Trinajstić information content (AvgIpc) is 2.58. The van der Waals surface area contributed by atoms with Crippen LogP contribution < -0.4 is 10.1 Å². The van der Waals surface area contributed by atoms with Crippen molar-refractivity contribution < 1.29 is 9.13 Å². The number of para-hydroxylation sites is 1. The Morgan fingerprint density at radius 2 is 1.96 bits per heavy atom. The summed E-state index contributed by atoms with van der Waals surface area (Å²) in [4.78, 5) is 8.26. The molecule has 0 saturated carbocycles. The Morgan fingerprint density at radius 3 is 2.71 bits per heavy atom. The molecular formula is C18H13FN4O.